The Morgan fingerprint density at radius 1 is 1.29 bits per heavy atom. The van der Waals surface area contributed by atoms with Crippen molar-refractivity contribution < 1.29 is 9.53 Å². The molecule has 4 atom stereocenters. The van der Waals surface area contributed by atoms with Gasteiger partial charge in [-0.15, -0.1) is 12.4 Å². The molecule has 3 rings (SSSR count). The first-order valence-corrected chi connectivity index (χ1v) is 8.83. The maximum atomic E-state index is 12.4. The van der Waals surface area contributed by atoms with Crippen molar-refractivity contribution in [2.24, 2.45) is 23.5 Å². The number of nitrogens with one attached hydrogen (secondary N) is 1. The summed E-state index contributed by atoms with van der Waals surface area (Å²) in [6, 6.07) is 8.14. The average molecular weight is 353 g/mol. The van der Waals surface area contributed by atoms with E-state index in [-0.39, 0.29) is 30.3 Å². The van der Waals surface area contributed by atoms with Gasteiger partial charge in [-0.3, -0.25) is 4.79 Å². The summed E-state index contributed by atoms with van der Waals surface area (Å²) >= 11 is 0. The van der Waals surface area contributed by atoms with Crippen molar-refractivity contribution in [1.82, 2.24) is 5.32 Å². The third-order valence-electron chi connectivity index (χ3n) is 5.48. The molecular weight excluding hydrogens is 324 g/mol. The van der Waals surface area contributed by atoms with E-state index in [9.17, 15) is 4.79 Å². The van der Waals surface area contributed by atoms with Gasteiger partial charge in [-0.05, 0) is 48.6 Å². The molecule has 4 unspecified atom stereocenters. The lowest BCUT2D eigenvalue weighted by Crippen LogP contribution is -2.46. The van der Waals surface area contributed by atoms with Crippen molar-refractivity contribution in [3.05, 3.63) is 29.8 Å². The van der Waals surface area contributed by atoms with Gasteiger partial charge in [0.05, 0.1) is 12.5 Å². The monoisotopic (exact) mass is 352 g/mol. The van der Waals surface area contributed by atoms with Gasteiger partial charge >= 0.3 is 0 Å². The zero-order valence-electron chi connectivity index (χ0n) is 14.5. The van der Waals surface area contributed by atoms with Crippen LogP contribution in [0.15, 0.2) is 24.3 Å². The zero-order valence-corrected chi connectivity index (χ0v) is 15.4. The van der Waals surface area contributed by atoms with E-state index in [1.54, 1.807) is 0 Å². The van der Waals surface area contributed by atoms with Crippen molar-refractivity contribution >= 4 is 18.3 Å². The summed E-state index contributed by atoms with van der Waals surface area (Å²) in [4.78, 5) is 12.4. The van der Waals surface area contributed by atoms with E-state index in [1.807, 2.05) is 18.2 Å². The molecule has 0 aromatic heterocycles. The Labute approximate surface area is 150 Å². The van der Waals surface area contributed by atoms with Crippen LogP contribution < -0.4 is 15.8 Å². The van der Waals surface area contributed by atoms with Crippen LogP contribution in [0.25, 0.3) is 0 Å². The lowest BCUT2D eigenvalue weighted by atomic mass is 9.84. The van der Waals surface area contributed by atoms with Crippen LogP contribution in [-0.4, -0.2) is 25.1 Å². The molecule has 0 heterocycles. The second-order valence-corrected chi connectivity index (χ2v) is 7.27. The first kappa shape index (κ1) is 19.1. The molecule has 2 bridgehead atoms. The molecular formula is C19H29ClN2O2. The Kier molecular flexibility index (Phi) is 6.53. The lowest BCUT2D eigenvalue weighted by Gasteiger charge is -2.27. The predicted molar refractivity (Wildman–Crippen MR) is 98.6 cm³/mol. The summed E-state index contributed by atoms with van der Waals surface area (Å²) in [6.45, 7) is 5.33. The van der Waals surface area contributed by atoms with Crippen LogP contribution in [0.2, 0.25) is 0 Å². The summed E-state index contributed by atoms with van der Waals surface area (Å²) in [5.41, 5.74) is 7.42. The second-order valence-electron chi connectivity index (χ2n) is 7.27. The highest BCUT2D eigenvalue weighted by atomic mass is 35.5. The normalized spacial score (nSPS) is 27.8. The predicted octanol–water partition coefficient (Wildman–Crippen LogP) is 3.10. The van der Waals surface area contributed by atoms with Crippen LogP contribution in [0.5, 0.6) is 5.75 Å². The standard InChI is InChI=1S/C19H28N2O2.ClH/c1-12(2)15-5-3-4-6-16(15)23-10-9-21-19(22)17-13-7-8-14(11-13)18(17)20;/h3-6,12-14,17-18H,7-11,20H2,1-2H3,(H,21,22);1H. The number of hydrogen-bond donors (Lipinski definition) is 2. The first-order chi connectivity index (χ1) is 11.1. The van der Waals surface area contributed by atoms with Gasteiger partial charge < -0.3 is 15.8 Å². The molecule has 1 aromatic rings. The van der Waals surface area contributed by atoms with Crippen molar-refractivity contribution in [3.8, 4) is 5.75 Å². The van der Waals surface area contributed by atoms with Gasteiger partial charge in [0, 0.05) is 6.04 Å². The summed E-state index contributed by atoms with van der Waals surface area (Å²) in [5.74, 6) is 2.52. The molecule has 0 saturated heterocycles. The minimum atomic E-state index is 0. The number of rotatable bonds is 6. The number of fused-ring (bicyclic) bond motifs is 2. The smallest absolute Gasteiger partial charge is 0.225 e. The molecule has 134 valence electrons. The van der Waals surface area contributed by atoms with Gasteiger partial charge in [0.2, 0.25) is 5.91 Å². The fourth-order valence-electron chi connectivity index (χ4n) is 4.27. The van der Waals surface area contributed by atoms with Crippen molar-refractivity contribution in [1.29, 1.82) is 0 Å². The number of benzene rings is 1. The summed E-state index contributed by atoms with van der Waals surface area (Å²) in [6.07, 6.45) is 3.50. The highest BCUT2D eigenvalue weighted by Crippen LogP contribution is 2.47. The Morgan fingerprint density at radius 3 is 2.67 bits per heavy atom. The zero-order chi connectivity index (χ0) is 16.4. The molecule has 2 saturated carbocycles. The molecule has 1 amide bonds. The number of nitrogens with two attached hydrogens (primary N) is 1. The highest BCUT2D eigenvalue weighted by Gasteiger charge is 2.48. The molecule has 3 N–H and O–H groups in total. The Balaban J connectivity index is 0.00000208. The SMILES string of the molecule is CC(C)c1ccccc1OCCNC(=O)C1C2CCC(C2)C1N.Cl. The third-order valence-corrected chi connectivity index (χ3v) is 5.48. The second kappa shape index (κ2) is 8.21. The fraction of sp³-hybridized carbons (Fsp3) is 0.632. The van der Waals surface area contributed by atoms with E-state index in [4.69, 9.17) is 10.5 Å². The van der Waals surface area contributed by atoms with E-state index in [0.717, 1.165) is 18.6 Å². The van der Waals surface area contributed by atoms with Crippen LogP contribution in [0.3, 0.4) is 0 Å². The van der Waals surface area contributed by atoms with Crippen LogP contribution in [-0.2, 0) is 4.79 Å². The van der Waals surface area contributed by atoms with E-state index in [2.05, 4.69) is 25.2 Å². The van der Waals surface area contributed by atoms with Crippen LogP contribution >= 0.6 is 12.4 Å². The van der Waals surface area contributed by atoms with Crippen molar-refractivity contribution in [3.63, 3.8) is 0 Å². The molecule has 4 nitrogen and oxygen atoms in total. The number of carbonyl (C=O) groups excluding carboxylic acids is 1. The minimum Gasteiger partial charge on any atom is -0.491 e. The number of ether oxygens (including phenoxy) is 1. The van der Waals surface area contributed by atoms with Gasteiger partial charge in [0.15, 0.2) is 0 Å². The molecule has 5 heteroatoms. The maximum absolute atomic E-state index is 12.4. The van der Waals surface area contributed by atoms with Crippen molar-refractivity contribution in [2.45, 2.75) is 45.1 Å². The molecule has 2 fully saturated rings. The van der Waals surface area contributed by atoms with E-state index in [0.29, 0.717) is 30.9 Å². The topological polar surface area (TPSA) is 64.3 Å². The summed E-state index contributed by atoms with van der Waals surface area (Å²) in [5, 5.41) is 3.01. The molecule has 2 aliphatic carbocycles. The largest absolute Gasteiger partial charge is 0.491 e. The first-order valence-electron chi connectivity index (χ1n) is 8.83. The average Bonchev–Trinajstić information content (AvgIpc) is 3.12. The van der Waals surface area contributed by atoms with E-state index in [1.165, 1.54) is 12.0 Å². The minimum absolute atomic E-state index is 0. The summed E-state index contributed by atoms with van der Waals surface area (Å²) in [7, 11) is 0. The Hall–Kier alpha value is -1.26. The number of para-hydroxylation sites is 1. The molecule has 0 aliphatic heterocycles. The number of halogens is 1. The third kappa shape index (κ3) is 3.86. The molecule has 24 heavy (non-hydrogen) atoms. The highest BCUT2D eigenvalue weighted by molar-refractivity contribution is 5.85. The molecule has 0 spiro atoms. The van der Waals surface area contributed by atoms with Gasteiger partial charge in [-0.1, -0.05) is 32.0 Å². The fourth-order valence-corrected chi connectivity index (χ4v) is 4.27. The number of amides is 1. The quantitative estimate of drug-likeness (QED) is 0.773. The summed E-state index contributed by atoms with van der Waals surface area (Å²) < 4.78 is 5.85. The van der Waals surface area contributed by atoms with Gasteiger partial charge in [0.1, 0.15) is 12.4 Å². The lowest BCUT2D eigenvalue weighted by molar-refractivity contribution is -0.127. The molecule has 1 aromatic carbocycles. The molecule has 2 aliphatic rings. The number of hydrogen-bond acceptors (Lipinski definition) is 3. The van der Waals surface area contributed by atoms with Crippen molar-refractivity contribution in [2.75, 3.05) is 13.2 Å². The molecule has 0 radical (unpaired) electrons. The van der Waals surface area contributed by atoms with E-state index >= 15 is 0 Å². The Bertz CT molecular complexity index is 562. The van der Waals surface area contributed by atoms with Gasteiger partial charge in [-0.2, -0.15) is 0 Å². The maximum Gasteiger partial charge on any atom is 0.225 e. The van der Waals surface area contributed by atoms with Gasteiger partial charge in [-0.25, -0.2) is 0 Å². The number of carbonyl (C=O) groups is 1. The van der Waals surface area contributed by atoms with Crippen LogP contribution in [0, 0.1) is 17.8 Å². The van der Waals surface area contributed by atoms with Gasteiger partial charge in [0.25, 0.3) is 0 Å². The van der Waals surface area contributed by atoms with Crippen LogP contribution in [0.4, 0.5) is 0 Å². The Morgan fingerprint density at radius 2 is 2.00 bits per heavy atom. The van der Waals surface area contributed by atoms with E-state index < -0.39 is 0 Å². The van der Waals surface area contributed by atoms with Crippen LogP contribution in [0.1, 0.15) is 44.6 Å².